The van der Waals surface area contributed by atoms with Crippen LogP contribution in [0.25, 0.3) is 0 Å². The van der Waals surface area contributed by atoms with Crippen molar-refractivity contribution in [2.24, 2.45) is 0 Å². The number of hydrogen-bond donors (Lipinski definition) is 1. The average molecular weight is 240 g/mol. The van der Waals surface area contributed by atoms with E-state index in [2.05, 4.69) is 10.4 Å². The molecule has 0 spiro atoms. The monoisotopic (exact) mass is 240 g/mol. The van der Waals surface area contributed by atoms with E-state index in [-0.39, 0.29) is 11.8 Å². The molecule has 7 heteroatoms. The van der Waals surface area contributed by atoms with Gasteiger partial charge in [-0.15, -0.1) is 5.10 Å². The standard InChI is InChI=1S/C10H16N4O3/c1-2-13-7-9(14(15)16)10(12-13)11-6-8-4-3-5-17-8/h7-8H,2-6H2,1H3,(H,11,12). The topological polar surface area (TPSA) is 82.2 Å². The van der Waals surface area contributed by atoms with Crippen LogP contribution in [0.3, 0.4) is 0 Å². The molecule has 0 saturated carbocycles. The molecule has 1 aromatic heterocycles. The fraction of sp³-hybridized carbons (Fsp3) is 0.700. The lowest BCUT2D eigenvalue weighted by Gasteiger charge is -2.09. The highest BCUT2D eigenvalue weighted by Crippen LogP contribution is 2.22. The molecule has 1 aliphatic heterocycles. The predicted molar refractivity (Wildman–Crippen MR) is 62.0 cm³/mol. The fourth-order valence-electron chi connectivity index (χ4n) is 1.85. The van der Waals surface area contributed by atoms with Gasteiger partial charge in [0.25, 0.3) is 0 Å². The lowest BCUT2D eigenvalue weighted by Crippen LogP contribution is -2.19. The molecule has 0 radical (unpaired) electrons. The van der Waals surface area contributed by atoms with Gasteiger partial charge in [0.05, 0.1) is 11.0 Å². The van der Waals surface area contributed by atoms with Crippen LogP contribution in [0.2, 0.25) is 0 Å². The summed E-state index contributed by atoms with van der Waals surface area (Å²) < 4.78 is 6.99. The summed E-state index contributed by atoms with van der Waals surface area (Å²) in [4.78, 5) is 10.4. The minimum atomic E-state index is -0.420. The normalized spacial score (nSPS) is 19.5. The number of ether oxygens (including phenoxy) is 1. The Balaban J connectivity index is 2.02. The van der Waals surface area contributed by atoms with Gasteiger partial charge in [0.15, 0.2) is 0 Å². The number of rotatable bonds is 5. The van der Waals surface area contributed by atoms with E-state index in [0.29, 0.717) is 18.9 Å². The minimum Gasteiger partial charge on any atom is -0.376 e. The van der Waals surface area contributed by atoms with Gasteiger partial charge in [-0.05, 0) is 19.8 Å². The summed E-state index contributed by atoms with van der Waals surface area (Å²) in [5.74, 6) is 0.326. The number of aryl methyl sites for hydroxylation is 1. The molecule has 1 fully saturated rings. The van der Waals surface area contributed by atoms with Crippen LogP contribution in [0.1, 0.15) is 19.8 Å². The van der Waals surface area contributed by atoms with Crippen molar-refractivity contribution >= 4 is 11.5 Å². The van der Waals surface area contributed by atoms with Crippen LogP contribution in [-0.2, 0) is 11.3 Å². The summed E-state index contributed by atoms with van der Waals surface area (Å²) in [5.41, 5.74) is 0.0184. The molecule has 2 rings (SSSR count). The second-order valence-corrected chi connectivity index (χ2v) is 3.99. The SMILES string of the molecule is CCn1cc([N+](=O)[O-])c(NCC2CCCO2)n1. The van der Waals surface area contributed by atoms with Gasteiger partial charge in [-0.3, -0.25) is 14.8 Å². The van der Waals surface area contributed by atoms with Gasteiger partial charge in [-0.2, -0.15) is 0 Å². The summed E-state index contributed by atoms with van der Waals surface area (Å²) >= 11 is 0. The average Bonchev–Trinajstić information content (AvgIpc) is 2.95. The Labute approximate surface area is 98.9 Å². The lowest BCUT2D eigenvalue weighted by atomic mass is 10.2. The molecule has 94 valence electrons. The molecule has 0 aliphatic carbocycles. The summed E-state index contributed by atoms with van der Waals surface area (Å²) in [5, 5.41) is 17.9. The van der Waals surface area contributed by atoms with E-state index >= 15 is 0 Å². The summed E-state index contributed by atoms with van der Waals surface area (Å²) in [6.07, 6.45) is 3.63. The molecule has 17 heavy (non-hydrogen) atoms. The van der Waals surface area contributed by atoms with Gasteiger partial charge in [0, 0.05) is 19.7 Å². The van der Waals surface area contributed by atoms with Crippen LogP contribution in [0.15, 0.2) is 6.20 Å². The molecular formula is C10H16N4O3. The van der Waals surface area contributed by atoms with Crippen LogP contribution in [0.5, 0.6) is 0 Å². The summed E-state index contributed by atoms with van der Waals surface area (Å²) in [6.45, 7) is 3.85. The van der Waals surface area contributed by atoms with E-state index in [1.807, 2.05) is 6.92 Å². The minimum absolute atomic E-state index is 0.0184. The third kappa shape index (κ3) is 2.73. The van der Waals surface area contributed by atoms with E-state index in [1.54, 1.807) is 4.68 Å². The van der Waals surface area contributed by atoms with E-state index in [4.69, 9.17) is 4.74 Å². The van der Waals surface area contributed by atoms with Crippen molar-refractivity contribution in [2.75, 3.05) is 18.5 Å². The first-order chi connectivity index (χ1) is 8.20. The number of nitrogens with one attached hydrogen (secondary N) is 1. The van der Waals surface area contributed by atoms with E-state index in [1.165, 1.54) is 6.20 Å². The molecule has 1 aromatic rings. The van der Waals surface area contributed by atoms with Crippen molar-refractivity contribution in [1.29, 1.82) is 0 Å². The van der Waals surface area contributed by atoms with Crippen molar-refractivity contribution in [3.05, 3.63) is 16.3 Å². The van der Waals surface area contributed by atoms with Crippen molar-refractivity contribution in [1.82, 2.24) is 9.78 Å². The fourth-order valence-corrected chi connectivity index (χ4v) is 1.85. The molecule has 0 bridgehead atoms. The van der Waals surface area contributed by atoms with E-state index in [0.717, 1.165) is 19.4 Å². The molecule has 2 heterocycles. The summed E-state index contributed by atoms with van der Waals surface area (Å²) in [7, 11) is 0. The number of hydrogen-bond acceptors (Lipinski definition) is 5. The lowest BCUT2D eigenvalue weighted by molar-refractivity contribution is -0.384. The number of aromatic nitrogens is 2. The molecule has 7 nitrogen and oxygen atoms in total. The second kappa shape index (κ2) is 5.13. The maximum Gasteiger partial charge on any atom is 0.330 e. The highest BCUT2D eigenvalue weighted by atomic mass is 16.6. The highest BCUT2D eigenvalue weighted by Gasteiger charge is 2.21. The van der Waals surface area contributed by atoms with Crippen LogP contribution >= 0.6 is 0 Å². The highest BCUT2D eigenvalue weighted by molar-refractivity contribution is 5.54. The maximum atomic E-state index is 10.8. The molecular weight excluding hydrogens is 224 g/mol. The maximum absolute atomic E-state index is 10.8. The Bertz CT molecular complexity index is 398. The van der Waals surface area contributed by atoms with E-state index < -0.39 is 4.92 Å². The smallest absolute Gasteiger partial charge is 0.330 e. The zero-order chi connectivity index (χ0) is 12.3. The summed E-state index contributed by atoms with van der Waals surface area (Å²) in [6, 6.07) is 0. The van der Waals surface area contributed by atoms with Crippen molar-refractivity contribution in [3.63, 3.8) is 0 Å². The predicted octanol–water partition coefficient (Wildman–Crippen LogP) is 1.40. The first kappa shape index (κ1) is 11.8. The largest absolute Gasteiger partial charge is 0.376 e. The molecule has 1 atom stereocenters. The Kier molecular flexibility index (Phi) is 3.58. The molecule has 1 aliphatic rings. The zero-order valence-electron chi connectivity index (χ0n) is 9.76. The van der Waals surface area contributed by atoms with Crippen LogP contribution < -0.4 is 5.32 Å². The first-order valence-electron chi connectivity index (χ1n) is 5.78. The Morgan fingerprint density at radius 3 is 3.18 bits per heavy atom. The van der Waals surface area contributed by atoms with Crippen molar-refractivity contribution in [2.45, 2.75) is 32.4 Å². The first-order valence-corrected chi connectivity index (χ1v) is 5.78. The number of nitrogens with zero attached hydrogens (tertiary/aromatic N) is 3. The molecule has 1 N–H and O–H groups in total. The Hall–Kier alpha value is -1.63. The second-order valence-electron chi connectivity index (χ2n) is 3.99. The molecule has 1 saturated heterocycles. The molecule has 0 aromatic carbocycles. The van der Waals surface area contributed by atoms with Crippen LogP contribution in [0, 0.1) is 10.1 Å². The van der Waals surface area contributed by atoms with Gasteiger partial charge in [0.1, 0.15) is 6.20 Å². The number of nitro groups is 1. The van der Waals surface area contributed by atoms with Gasteiger partial charge >= 0.3 is 5.69 Å². The molecule has 1 unspecified atom stereocenters. The zero-order valence-corrected chi connectivity index (χ0v) is 9.76. The van der Waals surface area contributed by atoms with Gasteiger partial charge in [0.2, 0.25) is 5.82 Å². The quantitative estimate of drug-likeness (QED) is 0.621. The van der Waals surface area contributed by atoms with Gasteiger partial charge in [-0.25, -0.2) is 0 Å². The van der Waals surface area contributed by atoms with Crippen molar-refractivity contribution < 1.29 is 9.66 Å². The van der Waals surface area contributed by atoms with Gasteiger partial charge < -0.3 is 10.1 Å². The van der Waals surface area contributed by atoms with Crippen LogP contribution in [-0.4, -0.2) is 34.0 Å². The Morgan fingerprint density at radius 1 is 1.76 bits per heavy atom. The molecule has 0 amide bonds. The number of anilines is 1. The van der Waals surface area contributed by atoms with E-state index in [9.17, 15) is 10.1 Å². The van der Waals surface area contributed by atoms with Crippen molar-refractivity contribution in [3.8, 4) is 0 Å². The third-order valence-electron chi connectivity index (χ3n) is 2.78. The van der Waals surface area contributed by atoms with Crippen LogP contribution in [0.4, 0.5) is 11.5 Å². The Morgan fingerprint density at radius 2 is 2.59 bits per heavy atom. The third-order valence-corrected chi connectivity index (χ3v) is 2.78. The van der Waals surface area contributed by atoms with Gasteiger partial charge in [-0.1, -0.05) is 0 Å².